The first-order valence-corrected chi connectivity index (χ1v) is 12.2. The third-order valence-electron chi connectivity index (χ3n) is 6.84. The lowest BCUT2D eigenvalue weighted by molar-refractivity contribution is -0.151. The van der Waals surface area contributed by atoms with Crippen molar-refractivity contribution in [1.82, 2.24) is 10.2 Å². The number of amides is 1. The molecule has 1 heterocycles. The van der Waals surface area contributed by atoms with E-state index >= 15 is 0 Å². The van der Waals surface area contributed by atoms with Crippen molar-refractivity contribution in [2.75, 3.05) is 26.4 Å². The number of carboxylic acids is 1. The third-order valence-corrected chi connectivity index (χ3v) is 7.34. The van der Waals surface area contributed by atoms with Crippen molar-refractivity contribution < 1.29 is 29.0 Å². The summed E-state index contributed by atoms with van der Waals surface area (Å²) in [6.45, 7) is 4.42. The Hall–Kier alpha value is -2.10. The summed E-state index contributed by atoms with van der Waals surface area (Å²) in [5, 5.41) is 12.8. The lowest BCUT2D eigenvalue weighted by Crippen LogP contribution is -2.53. The summed E-state index contributed by atoms with van der Waals surface area (Å²) in [7, 11) is 0. The minimum Gasteiger partial charge on any atom is -0.480 e. The highest BCUT2D eigenvalue weighted by Gasteiger charge is 2.48. The van der Waals surface area contributed by atoms with E-state index in [1.165, 1.54) is 0 Å². The van der Waals surface area contributed by atoms with Crippen LogP contribution in [0.1, 0.15) is 46.0 Å². The average molecular weight is 479 g/mol. The molecule has 1 saturated heterocycles. The molecule has 8 nitrogen and oxygen atoms in total. The lowest BCUT2D eigenvalue weighted by atomic mass is 9.82. The fraction of sp³-hybridized carbons (Fsp3) is 0.667. The second-order valence-corrected chi connectivity index (χ2v) is 9.39. The largest absolute Gasteiger partial charge is 0.480 e. The minimum absolute atomic E-state index is 0.0180. The van der Waals surface area contributed by atoms with Gasteiger partial charge in [0.05, 0.1) is 25.9 Å². The number of thiocarbonyl (C=S) groups is 1. The number of aliphatic carboxylic acids is 1. The zero-order valence-electron chi connectivity index (χ0n) is 19.3. The molecule has 2 aliphatic carbocycles. The number of nitrogens with one attached hydrogen (secondary N) is 1. The molecule has 5 atom stereocenters. The number of esters is 1. The second kappa shape index (κ2) is 11.4. The molecule has 0 aromatic heterocycles. The van der Waals surface area contributed by atoms with E-state index in [4.69, 9.17) is 21.7 Å². The summed E-state index contributed by atoms with van der Waals surface area (Å²) in [6, 6.07) is -1.26. The molecule has 1 saturated carbocycles. The molecule has 0 radical (unpaired) electrons. The molecule has 1 amide bonds. The Kier molecular flexibility index (Phi) is 8.78. The number of carboxylic acid groups (broad SMARTS) is 1. The van der Waals surface area contributed by atoms with Gasteiger partial charge in [-0.3, -0.25) is 9.59 Å². The maximum absolute atomic E-state index is 13.1. The SMILES string of the molecule is CCOC(=O)[C@]1(COCCNC(C)C(=O)N2[C@H](C(=O)O)C[C@H]3CCCC[C@@H]32)C=CC=CC1=S. The highest BCUT2D eigenvalue weighted by atomic mass is 32.1. The van der Waals surface area contributed by atoms with Gasteiger partial charge in [-0.25, -0.2) is 4.79 Å². The Morgan fingerprint density at radius 2 is 2.06 bits per heavy atom. The molecule has 3 aliphatic rings. The van der Waals surface area contributed by atoms with Crippen LogP contribution in [-0.2, 0) is 23.9 Å². The van der Waals surface area contributed by atoms with Crippen molar-refractivity contribution in [2.24, 2.45) is 11.3 Å². The van der Waals surface area contributed by atoms with E-state index in [0.717, 1.165) is 25.7 Å². The Morgan fingerprint density at radius 3 is 2.76 bits per heavy atom. The van der Waals surface area contributed by atoms with Crippen LogP contribution < -0.4 is 5.32 Å². The number of carbonyl (C=O) groups is 3. The molecule has 182 valence electrons. The first-order chi connectivity index (χ1) is 15.8. The molecular formula is C24H34N2O6S. The zero-order chi connectivity index (χ0) is 24.0. The second-order valence-electron chi connectivity index (χ2n) is 8.95. The van der Waals surface area contributed by atoms with Crippen LogP contribution in [0.15, 0.2) is 24.3 Å². The van der Waals surface area contributed by atoms with Crippen LogP contribution in [0.25, 0.3) is 0 Å². The van der Waals surface area contributed by atoms with Crippen LogP contribution in [0, 0.1) is 11.3 Å². The highest BCUT2D eigenvalue weighted by molar-refractivity contribution is 7.81. The normalized spacial score (nSPS) is 29.6. The van der Waals surface area contributed by atoms with Crippen molar-refractivity contribution in [1.29, 1.82) is 0 Å². The number of hydrogen-bond acceptors (Lipinski definition) is 7. The summed E-state index contributed by atoms with van der Waals surface area (Å²) in [6.07, 6.45) is 11.4. The molecule has 0 bridgehead atoms. The van der Waals surface area contributed by atoms with Crippen LogP contribution in [-0.4, -0.2) is 77.2 Å². The molecule has 33 heavy (non-hydrogen) atoms. The van der Waals surface area contributed by atoms with Crippen molar-refractivity contribution in [3.63, 3.8) is 0 Å². The Labute approximate surface area is 200 Å². The topological polar surface area (TPSA) is 105 Å². The molecule has 2 fully saturated rings. The van der Waals surface area contributed by atoms with Gasteiger partial charge in [0.15, 0.2) is 0 Å². The highest BCUT2D eigenvalue weighted by Crippen LogP contribution is 2.40. The maximum atomic E-state index is 13.1. The molecule has 1 aliphatic heterocycles. The van der Waals surface area contributed by atoms with Gasteiger partial charge in [0.25, 0.3) is 0 Å². The molecule has 0 spiro atoms. The van der Waals surface area contributed by atoms with E-state index in [9.17, 15) is 19.5 Å². The first kappa shape index (κ1) is 25.5. The molecule has 0 aromatic carbocycles. The summed E-state index contributed by atoms with van der Waals surface area (Å²) in [5.41, 5.74) is -1.12. The summed E-state index contributed by atoms with van der Waals surface area (Å²) >= 11 is 5.39. The van der Waals surface area contributed by atoms with E-state index in [2.05, 4.69) is 5.32 Å². The molecule has 3 rings (SSSR count). The molecular weight excluding hydrogens is 444 g/mol. The Bertz CT molecular complexity index is 828. The third kappa shape index (κ3) is 5.53. The van der Waals surface area contributed by atoms with Gasteiger partial charge in [0.2, 0.25) is 5.91 Å². The number of fused-ring (bicyclic) bond motifs is 1. The smallest absolute Gasteiger partial charge is 0.326 e. The fourth-order valence-corrected chi connectivity index (χ4v) is 5.38. The van der Waals surface area contributed by atoms with Crippen LogP contribution in [0.5, 0.6) is 0 Å². The van der Waals surface area contributed by atoms with E-state index in [-0.39, 0.29) is 37.7 Å². The quantitative estimate of drug-likeness (QED) is 0.280. The molecule has 0 aromatic rings. The Balaban J connectivity index is 1.52. The Morgan fingerprint density at radius 1 is 1.30 bits per heavy atom. The maximum Gasteiger partial charge on any atom is 0.326 e. The predicted molar refractivity (Wildman–Crippen MR) is 127 cm³/mol. The number of likely N-dealkylation sites (tertiary alicyclic amines) is 1. The number of hydrogen-bond donors (Lipinski definition) is 2. The van der Waals surface area contributed by atoms with Gasteiger partial charge >= 0.3 is 11.9 Å². The van der Waals surface area contributed by atoms with Gasteiger partial charge in [-0.05, 0) is 45.1 Å². The summed E-state index contributed by atoms with van der Waals surface area (Å²) in [4.78, 5) is 39.5. The van der Waals surface area contributed by atoms with Crippen LogP contribution in [0.3, 0.4) is 0 Å². The lowest BCUT2D eigenvalue weighted by Gasteiger charge is -2.34. The van der Waals surface area contributed by atoms with Gasteiger partial charge in [-0.1, -0.05) is 43.3 Å². The average Bonchev–Trinajstić information content (AvgIpc) is 3.19. The van der Waals surface area contributed by atoms with E-state index in [1.54, 1.807) is 43.1 Å². The van der Waals surface area contributed by atoms with Crippen LogP contribution in [0.4, 0.5) is 0 Å². The summed E-state index contributed by atoms with van der Waals surface area (Å²) < 4.78 is 11.0. The number of rotatable bonds is 10. The molecule has 2 N–H and O–H groups in total. The van der Waals surface area contributed by atoms with Crippen molar-refractivity contribution in [3.05, 3.63) is 24.3 Å². The van der Waals surface area contributed by atoms with E-state index in [0.29, 0.717) is 17.8 Å². The van der Waals surface area contributed by atoms with E-state index in [1.807, 2.05) is 0 Å². The fourth-order valence-electron chi connectivity index (χ4n) is 5.09. The van der Waals surface area contributed by atoms with Gasteiger partial charge in [0.1, 0.15) is 11.5 Å². The van der Waals surface area contributed by atoms with Gasteiger partial charge in [0, 0.05) is 17.5 Å². The van der Waals surface area contributed by atoms with Crippen molar-refractivity contribution >= 4 is 34.9 Å². The zero-order valence-corrected chi connectivity index (χ0v) is 20.1. The number of allylic oxidation sites excluding steroid dienone is 3. The number of nitrogens with zero attached hydrogens (tertiary/aromatic N) is 1. The van der Waals surface area contributed by atoms with Crippen molar-refractivity contribution in [3.8, 4) is 0 Å². The summed E-state index contributed by atoms with van der Waals surface area (Å²) in [5.74, 6) is -1.27. The van der Waals surface area contributed by atoms with Crippen molar-refractivity contribution in [2.45, 2.75) is 64.1 Å². The first-order valence-electron chi connectivity index (χ1n) is 11.8. The van der Waals surface area contributed by atoms with Gasteiger partial charge in [-0.2, -0.15) is 0 Å². The minimum atomic E-state index is -1.12. The monoisotopic (exact) mass is 478 g/mol. The number of carbonyl (C=O) groups excluding carboxylic acids is 2. The van der Waals surface area contributed by atoms with Gasteiger partial charge in [-0.15, -0.1) is 0 Å². The predicted octanol–water partition coefficient (Wildman–Crippen LogP) is 2.27. The molecule has 9 heteroatoms. The van der Waals surface area contributed by atoms with Crippen LogP contribution in [0.2, 0.25) is 0 Å². The van der Waals surface area contributed by atoms with Crippen LogP contribution >= 0.6 is 12.2 Å². The number of ether oxygens (including phenoxy) is 2. The van der Waals surface area contributed by atoms with E-state index < -0.39 is 29.4 Å². The molecule has 1 unspecified atom stereocenters. The van der Waals surface area contributed by atoms with Gasteiger partial charge < -0.3 is 24.8 Å². The standard InChI is InChI=1S/C24H34N2O6S/c1-3-32-23(30)24(11-7-6-10-20(24)33)15-31-13-12-25-16(2)21(27)26-18-9-5-4-8-17(18)14-19(26)22(28)29/h6-7,10-11,16-19,25H,3-5,8-9,12-15H2,1-2H3,(H,28,29)/t16?,17-,18+,19+,24+/m1/s1.